The van der Waals surface area contributed by atoms with Gasteiger partial charge in [-0.2, -0.15) is 18.2 Å². The Morgan fingerprint density at radius 2 is 1.68 bits per heavy atom. The highest BCUT2D eigenvalue weighted by atomic mass is 19.4. The summed E-state index contributed by atoms with van der Waals surface area (Å²) < 4.78 is 47.8. The zero-order valence-corrected chi connectivity index (χ0v) is 23.2. The summed E-state index contributed by atoms with van der Waals surface area (Å²) in [4.78, 5) is 26.4. The maximum Gasteiger partial charge on any atom is 0.434 e. The highest BCUT2D eigenvalue weighted by molar-refractivity contribution is 5.66. The van der Waals surface area contributed by atoms with Gasteiger partial charge in [0, 0.05) is 30.1 Å². The second-order valence-electron chi connectivity index (χ2n) is 11.7. The number of methoxy groups -OCH3 is 1. The standard InChI is InChI=1S/C28H35F3N8O/c1-14(2)39-11-21(28(29,30)31)37-25(39)20-10-7-17(18-8-9-19(18)20)15(3)36-27-35-13-33-24(38-27)22-23(16-5-6-16)32-12-34-26(22)40-4/h11-20H,5-10H2,1-4H3,(H,33,35,36,38)/t15-,17?,18?,19?,20?/m0/s1. The Kier molecular flexibility index (Phi) is 6.90. The van der Waals surface area contributed by atoms with Crippen molar-refractivity contribution in [2.24, 2.45) is 17.8 Å². The van der Waals surface area contributed by atoms with Crippen LogP contribution in [0.15, 0.2) is 18.9 Å². The lowest BCUT2D eigenvalue weighted by molar-refractivity contribution is -0.141. The predicted octanol–water partition coefficient (Wildman–Crippen LogP) is 6.03. The molecule has 1 N–H and O–H groups in total. The average Bonchev–Trinajstić information content (AvgIpc) is 3.64. The van der Waals surface area contributed by atoms with Gasteiger partial charge in [-0.25, -0.2) is 24.9 Å². The lowest BCUT2D eigenvalue weighted by Crippen LogP contribution is -2.47. The zero-order chi connectivity index (χ0) is 28.2. The summed E-state index contributed by atoms with van der Waals surface area (Å²) in [6, 6.07) is -0.000976. The van der Waals surface area contributed by atoms with E-state index in [1.165, 1.54) is 18.9 Å². The van der Waals surface area contributed by atoms with Gasteiger partial charge >= 0.3 is 6.18 Å². The topological polar surface area (TPSA) is 104 Å². The first kappa shape index (κ1) is 26.9. The van der Waals surface area contributed by atoms with Crippen LogP contribution < -0.4 is 10.1 Å². The minimum Gasteiger partial charge on any atom is -0.480 e. The Labute approximate surface area is 231 Å². The third-order valence-electron chi connectivity index (χ3n) is 8.99. The first-order valence-electron chi connectivity index (χ1n) is 14.2. The van der Waals surface area contributed by atoms with Crippen molar-refractivity contribution in [3.8, 4) is 17.3 Å². The van der Waals surface area contributed by atoms with Crippen molar-refractivity contribution in [3.05, 3.63) is 36.1 Å². The van der Waals surface area contributed by atoms with E-state index in [2.05, 4.69) is 37.2 Å². The Balaban J connectivity index is 1.20. The summed E-state index contributed by atoms with van der Waals surface area (Å²) in [6.07, 6.45) is 5.68. The number of ether oxygens (including phenoxy) is 1. The molecule has 0 aliphatic heterocycles. The molecule has 3 heterocycles. The molecular formula is C28H35F3N8O. The van der Waals surface area contributed by atoms with Crippen LogP contribution in [0.4, 0.5) is 19.1 Å². The number of imidazole rings is 1. The fourth-order valence-corrected chi connectivity index (χ4v) is 6.77. The van der Waals surface area contributed by atoms with Crippen LogP contribution in [-0.2, 0) is 6.18 Å². The Morgan fingerprint density at radius 1 is 0.925 bits per heavy atom. The highest BCUT2D eigenvalue weighted by Gasteiger charge is 2.49. The van der Waals surface area contributed by atoms with Crippen molar-refractivity contribution in [1.29, 1.82) is 0 Å². The van der Waals surface area contributed by atoms with E-state index in [1.807, 2.05) is 13.8 Å². The summed E-state index contributed by atoms with van der Waals surface area (Å²) in [6.45, 7) is 5.96. The zero-order valence-electron chi connectivity index (χ0n) is 23.2. The molecule has 0 saturated heterocycles. The number of halogens is 3. The fraction of sp³-hybridized carbons (Fsp3) is 0.643. The molecule has 9 nitrogen and oxygen atoms in total. The molecule has 0 amide bonds. The molecule has 3 fully saturated rings. The Bertz CT molecular complexity index is 1370. The molecule has 5 atom stereocenters. The molecule has 4 unspecified atom stereocenters. The molecule has 0 bridgehead atoms. The minimum absolute atomic E-state index is 0.0378. The van der Waals surface area contributed by atoms with E-state index < -0.39 is 11.9 Å². The summed E-state index contributed by atoms with van der Waals surface area (Å²) in [5.41, 5.74) is 0.824. The molecule has 12 heteroatoms. The van der Waals surface area contributed by atoms with E-state index >= 15 is 0 Å². The lowest BCUT2D eigenvalue weighted by Gasteiger charge is -2.52. The fourth-order valence-electron chi connectivity index (χ4n) is 6.77. The highest BCUT2D eigenvalue weighted by Crippen LogP contribution is 2.56. The van der Waals surface area contributed by atoms with Gasteiger partial charge in [0.15, 0.2) is 11.5 Å². The number of rotatable bonds is 8. The summed E-state index contributed by atoms with van der Waals surface area (Å²) in [5, 5.41) is 3.50. The van der Waals surface area contributed by atoms with E-state index in [0.717, 1.165) is 44.2 Å². The smallest absolute Gasteiger partial charge is 0.434 e. The van der Waals surface area contributed by atoms with E-state index in [0.29, 0.717) is 52.7 Å². The van der Waals surface area contributed by atoms with Crippen molar-refractivity contribution < 1.29 is 17.9 Å². The molecule has 0 radical (unpaired) electrons. The maximum absolute atomic E-state index is 13.5. The van der Waals surface area contributed by atoms with Crippen LogP contribution >= 0.6 is 0 Å². The number of nitrogens with zero attached hydrogens (tertiary/aromatic N) is 7. The molecule has 3 aliphatic rings. The molecule has 6 rings (SSSR count). The van der Waals surface area contributed by atoms with Gasteiger partial charge in [-0.15, -0.1) is 0 Å². The number of aromatic nitrogens is 7. The first-order chi connectivity index (χ1) is 19.2. The van der Waals surface area contributed by atoms with Crippen LogP contribution in [0, 0.1) is 17.8 Å². The van der Waals surface area contributed by atoms with Gasteiger partial charge in [0.1, 0.15) is 24.0 Å². The third kappa shape index (κ3) is 4.89. The van der Waals surface area contributed by atoms with Crippen molar-refractivity contribution in [2.75, 3.05) is 12.4 Å². The normalized spacial score (nSPS) is 25.3. The second-order valence-corrected chi connectivity index (χ2v) is 11.7. The van der Waals surface area contributed by atoms with E-state index in [-0.39, 0.29) is 18.0 Å². The van der Waals surface area contributed by atoms with E-state index in [4.69, 9.17) is 9.72 Å². The van der Waals surface area contributed by atoms with Gasteiger partial charge in [-0.05, 0) is 77.0 Å². The molecule has 3 aliphatic carbocycles. The SMILES string of the molecule is COc1ncnc(C2CC2)c1-c1ncnc(N[C@@H](C)C2CCC(c3nc(C(F)(F)F)cn3C(C)C)C3CCC32)n1. The van der Waals surface area contributed by atoms with Gasteiger partial charge in [0.05, 0.1) is 12.8 Å². The van der Waals surface area contributed by atoms with Crippen LogP contribution in [-0.4, -0.2) is 47.6 Å². The monoisotopic (exact) mass is 556 g/mol. The summed E-state index contributed by atoms with van der Waals surface area (Å²) >= 11 is 0. The molecule has 40 heavy (non-hydrogen) atoms. The lowest BCUT2D eigenvalue weighted by atomic mass is 9.55. The molecule has 0 spiro atoms. The number of hydrogen-bond donors (Lipinski definition) is 1. The summed E-state index contributed by atoms with van der Waals surface area (Å²) in [5.74, 6) is 3.50. The van der Waals surface area contributed by atoms with Gasteiger partial charge in [0.2, 0.25) is 11.8 Å². The van der Waals surface area contributed by atoms with Crippen LogP contribution in [0.25, 0.3) is 11.4 Å². The molecule has 3 saturated carbocycles. The van der Waals surface area contributed by atoms with Gasteiger partial charge in [0.25, 0.3) is 0 Å². The number of nitrogens with one attached hydrogen (secondary N) is 1. The molecule has 214 valence electrons. The number of alkyl halides is 3. The predicted molar refractivity (Wildman–Crippen MR) is 142 cm³/mol. The number of fused-ring (bicyclic) bond motifs is 1. The van der Waals surface area contributed by atoms with Crippen molar-refractivity contribution >= 4 is 5.95 Å². The molecule has 0 aromatic carbocycles. The molecular weight excluding hydrogens is 521 g/mol. The van der Waals surface area contributed by atoms with Crippen LogP contribution in [0.2, 0.25) is 0 Å². The quantitative estimate of drug-likeness (QED) is 0.359. The van der Waals surface area contributed by atoms with Crippen molar-refractivity contribution in [3.63, 3.8) is 0 Å². The van der Waals surface area contributed by atoms with Crippen LogP contribution in [0.5, 0.6) is 5.88 Å². The van der Waals surface area contributed by atoms with Crippen LogP contribution in [0.1, 0.15) is 94.4 Å². The number of hydrogen-bond acceptors (Lipinski definition) is 8. The van der Waals surface area contributed by atoms with Gasteiger partial charge in [-0.1, -0.05) is 0 Å². The number of anilines is 1. The molecule has 3 aromatic rings. The summed E-state index contributed by atoms with van der Waals surface area (Å²) in [7, 11) is 1.58. The van der Waals surface area contributed by atoms with Crippen LogP contribution in [0.3, 0.4) is 0 Å². The molecule has 3 aromatic heterocycles. The van der Waals surface area contributed by atoms with E-state index in [1.54, 1.807) is 11.7 Å². The maximum atomic E-state index is 13.5. The van der Waals surface area contributed by atoms with Gasteiger partial charge < -0.3 is 14.6 Å². The van der Waals surface area contributed by atoms with E-state index in [9.17, 15) is 13.2 Å². The van der Waals surface area contributed by atoms with Gasteiger partial charge in [-0.3, -0.25) is 0 Å². The average molecular weight is 557 g/mol. The first-order valence-corrected chi connectivity index (χ1v) is 14.2. The Morgan fingerprint density at radius 3 is 2.33 bits per heavy atom. The van der Waals surface area contributed by atoms with Crippen molar-refractivity contribution in [1.82, 2.24) is 34.5 Å². The third-order valence-corrected chi connectivity index (χ3v) is 8.99. The minimum atomic E-state index is -4.44. The Hall–Kier alpha value is -3.31. The second kappa shape index (κ2) is 10.3. The largest absolute Gasteiger partial charge is 0.480 e. The van der Waals surface area contributed by atoms with Crippen molar-refractivity contribution in [2.45, 2.75) is 89.4 Å².